The number of carbonyl (C=O) groups excluding carboxylic acids is 1. The second-order valence-corrected chi connectivity index (χ2v) is 7.39. The molecule has 3 atom stereocenters. The van der Waals surface area contributed by atoms with Crippen molar-refractivity contribution < 1.29 is 9.69 Å². The van der Waals surface area contributed by atoms with Crippen molar-refractivity contribution in [3.63, 3.8) is 0 Å². The summed E-state index contributed by atoms with van der Waals surface area (Å²) in [5.41, 5.74) is 3.45. The van der Waals surface area contributed by atoms with Gasteiger partial charge in [0.25, 0.3) is 5.91 Å². The number of fused-ring (bicyclic) bond motifs is 1. The molecule has 2 fully saturated rings. The van der Waals surface area contributed by atoms with E-state index in [1.807, 2.05) is 0 Å². The topological polar surface area (TPSA) is 33.5 Å². The Morgan fingerprint density at radius 2 is 2.00 bits per heavy atom. The van der Waals surface area contributed by atoms with E-state index >= 15 is 0 Å². The highest BCUT2D eigenvalue weighted by Gasteiger charge is 2.37. The number of quaternary nitrogens is 1. The van der Waals surface area contributed by atoms with Gasteiger partial charge in [-0.1, -0.05) is 31.5 Å². The normalized spacial score (nSPS) is 27.3. The summed E-state index contributed by atoms with van der Waals surface area (Å²) < 4.78 is 0. The molecule has 0 aromatic heterocycles. The van der Waals surface area contributed by atoms with Crippen molar-refractivity contribution in [1.82, 2.24) is 0 Å². The van der Waals surface area contributed by atoms with Crippen LogP contribution in [-0.2, 0) is 11.2 Å². The second kappa shape index (κ2) is 7.48. The van der Waals surface area contributed by atoms with Crippen molar-refractivity contribution in [2.45, 2.75) is 64.8 Å². The molecule has 0 bridgehead atoms. The standard InChI is InChI=1S/C20H30N2O/c1-3-16-10-6-8-15(2)20(16)21-19(23)14-22-13-7-11-17-9-4-5-12-18(17)22/h6,8,10,17-18H,3-5,7,9,11-14H2,1-2H3,(H,21,23)/p+1/t17-,18+/m1/s1. The number of rotatable bonds is 4. The molecule has 0 radical (unpaired) electrons. The molecule has 3 rings (SSSR count). The van der Waals surface area contributed by atoms with Gasteiger partial charge < -0.3 is 10.2 Å². The van der Waals surface area contributed by atoms with E-state index in [4.69, 9.17) is 0 Å². The van der Waals surface area contributed by atoms with Crippen LogP contribution in [0.2, 0.25) is 0 Å². The van der Waals surface area contributed by atoms with Crippen molar-refractivity contribution in [1.29, 1.82) is 0 Å². The minimum atomic E-state index is 0.190. The molecule has 1 saturated carbocycles. The number of para-hydroxylation sites is 1. The van der Waals surface area contributed by atoms with Gasteiger partial charge in [-0.2, -0.15) is 0 Å². The van der Waals surface area contributed by atoms with Gasteiger partial charge in [0.1, 0.15) is 0 Å². The average Bonchev–Trinajstić information content (AvgIpc) is 2.57. The zero-order chi connectivity index (χ0) is 16.2. The first kappa shape index (κ1) is 16.5. The van der Waals surface area contributed by atoms with E-state index in [0.29, 0.717) is 6.54 Å². The van der Waals surface area contributed by atoms with Gasteiger partial charge in [-0.25, -0.2) is 0 Å². The summed E-state index contributed by atoms with van der Waals surface area (Å²) in [5, 5.41) is 3.21. The summed E-state index contributed by atoms with van der Waals surface area (Å²) in [4.78, 5) is 14.2. The van der Waals surface area contributed by atoms with Crippen LogP contribution in [0.5, 0.6) is 0 Å². The number of carbonyl (C=O) groups is 1. The summed E-state index contributed by atoms with van der Waals surface area (Å²) in [5.74, 6) is 1.06. The molecule has 3 heteroatoms. The third kappa shape index (κ3) is 3.77. The molecule has 1 heterocycles. The first-order valence-corrected chi connectivity index (χ1v) is 9.42. The summed E-state index contributed by atoms with van der Waals surface area (Å²) in [6.07, 6.45) is 9.07. The van der Waals surface area contributed by atoms with Gasteiger partial charge in [0.15, 0.2) is 6.54 Å². The molecule has 1 aliphatic heterocycles. The quantitative estimate of drug-likeness (QED) is 0.880. The summed E-state index contributed by atoms with van der Waals surface area (Å²) >= 11 is 0. The van der Waals surface area contributed by atoms with Crippen LogP contribution in [0.25, 0.3) is 0 Å². The second-order valence-electron chi connectivity index (χ2n) is 7.39. The Kier molecular flexibility index (Phi) is 5.37. The molecule has 1 saturated heterocycles. The average molecular weight is 315 g/mol. The molecule has 1 aliphatic carbocycles. The number of likely N-dealkylation sites (tertiary alicyclic amines) is 1. The van der Waals surface area contributed by atoms with Crippen LogP contribution in [0.1, 0.15) is 56.6 Å². The van der Waals surface area contributed by atoms with Crippen molar-refractivity contribution in [3.8, 4) is 0 Å². The van der Waals surface area contributed by atoms with Gasteiger partial charge in [-0.3, -0.25) is 4.79 Å². The summed E-state index contributed by atoms with van der Waals surface area (Å²) in [6.45, 7) is 6.04. The van der Waals surface area contributed by atoms with Gasteiger partial charge in [0.2, 0.25) is 0 Å². The van der Waals surface area contributed by atoms with Gasteiger partial charge >= 0.3 is 0 Å². The molecular weight excluding hydrogens is 284 g/mol. The minimum absolute atomic E-state index is 0.190. The van der Waals surface area contributed by atoms with E-state index < -0.39 is 0 Å². The molecule has 1 aromatic carbocycles. The highest BCUT2D eigenvalue weighted by atomic mass is 16.2. The predicted molar refractivity (Wildman–Crippen MR) is 94.9 cm³/mol. The van der Waals surface area contributed by atoms with E-state index in [1.54, 1.807) is 0 Å². The van der Waals surface area contributed by atoms with Gasteiger partial charge in [0.05, 0.1) is 12.6 Å². The van der Waals surface area contributed by atoms with Crippen molar-refractivity contribution in [3.05, 3.63) is 29.3 Å². The van der Waals surface area contributed by atoms with Crippen LogP contribution < -0.4 is 10.2 Å². The predicted octanol–water partition coefficient (Wildman–Crippen LogP) is 2.73. The largest absolute Gasteiger partial charge is 0.324 e. The number of hydrogen-bond donors (Lipinski definition) is 2. The SMILES string of the molecule is CCc1cccc(C)c1NC(=O)C[NH+]1CCC[C@H]2CCCC[C@@H]21. The first-order valence-electron chi connectivity index (χ1n) is 9.42. The fraction of sp³-hybridized carbons (Fsp3) is 0.650. The van der Waals surface area contributed by atoms with Crippen LogP contribution in [0.3, 0.4) is 0 Å². The zero-order valence-electron chi connectivity index (χ0n) is 14.7. The van der Waals surface area contributed by atoms with Gasteiger partial charge in [0, 0.05) is 11.6 Å². The third-order valence-corrected chi connectivity index (χ3v) is 5.90. The smallest absolute Gasteiger partial charge is 0.279 e. The number of benzene rings is 1. The lowest BCUT2D eigenvalue weighted by Crippen LogP contribution is -3.18. The maximum absolute atomic E-state index is 12.6. The van der Waals surface area contributed by atoms with Crippen LogP contribution in [0.4, 0.5) is 5.69 Å². The minimum Gasteiger partial charge on any atom is -0.324 e. The number of nitrogens with one attached hydrogen (secondary N) is 2. The van der Waals surface area contributed by atoms with E-state index in [0.717, 1.165) is 24.1 Å². The first-order chi connectivity index (χ1) is 11.2. The Labute approximate surface area is 140 Å². The number of piperidine rings is 1. The number of aryl methyl sites for hydroxylation is 2. The Morgan fingerprint density at radius 3 is 2.83 bits per heavy atom. The summed E-state index contributed by atoms with van der Waals surface area (Å²) in [7, 11) is 0. The highest BCUT2D eigenvalue weighted by molar-refractivity contribution is 5.93. The molecule has 1 amide bonds. The molecular formula is C20H31N2O+. The fourth-order valence-electron chi connectivity index (χ4n) is 4.68. The molecule has 1 unspecified atom stereocenters. The lowest BCUT2D eigenvalue weighted by molar-refractivity contribution is -0.928. The lowest BCUT2D eigenvalue weighted by atomic mass is 9.78. The van der Waals surface area contributed by atoms with E-state index in [9.17, 15) is 4.79 Å². The molecule has 1 aromatic rings. The molecule has 3 nitrogen and oxygen atoms in total. The van der Waals surface area contributed by atoms with E-state index in [-0.39, 0.29) is 5.91 Å². The lowest BCUT2D eigenvalue weighted by Gasteiger charge is -2.40. The van der Waals surface area contributed by atoms with E-state index in [2.05, 4.69) is 37.4 Å². The van der Waals surface area contributed by atoms with Crippen LogP contribution in [0, 0.1) is 12.8 Å². The van der Waals surface area contributed by atoms with Crippen molar-refractivity contribution in [2.24, 2.45) is 5.92 Å². The molecule has 2 aliphatic rings. The Bertz CT molecular complexity index is 553. The van der Waals surface area contributed by atoms with Crippen molar-refractivity contribution in [2.75, 3.05) is 18.4 Å². The maximum atomic E-state index is 12.6. The summed E-state index contributed by atoms with van der Waals surface area (Å²) in [6, 6.07) is 7.00. The number of hydrogen-bond acceptors (Lipinski definition) is 1. The third-order valence-electron chi connectivity index (χ3n) is 5.90. The molecule has 126 valence electrons. The number of anilines is 1. The van der Waals surface area contributed by atoms with Crippen molar-refractivity contribution >= 4 is 11.6 Å². The Hall–Kier alpha value is -1.35. The van der Waals surface area contributed by atoms with Crippen LogP contribution in [-0.4, -0.2) is 25.0 Å². The maximum Gasteiger partial charge on any atom is 0.279 e. The highest BCUT2D eigenvalue weighted by Crippen LogP contribution is 2.28. The van der Waals surface area contributed by atoms with Gasteiger partial charge in [-0.15, -0.1) is 0 Å². The Balaban J connectivity index is 1.65. The molecule has 2 N–H and O–H groups in total. The van der Waals surface area contributed by atoms with Crippen LogP contribution in [0.15, 0.2) is 18.2 Å². The Morgan fingerprint density at radius 1 is 1.22 bits per heavy atom. The van der Waals surface area contributed by atoms with E-state index in [1.165, 1.54) is 61.1 Å². The monoisotopic (exact) mass is 315 g/mol. The molecule has 23 heavy (non-hydrogen) atoms. The van der Waals surface area contributed by atoms with Crippen LogP contribution >= 0.6 is 0 Å². The van der Waals surface area contributed by atoms with Gasteiger partial charge in [-0.05, 0) is 56.6 Å². The number of amides is 1. The fourth-order valence-corrected chi connectivity index (χ4v) is 4.68. The molecule has 0 spiro atoms. The zero-order valence-corrected chi connectivity index (χ0v) is 14.7.